The summed E-state index contributed by atoms with van der Waals surface area (Å²) in [6.07, 6.45) is 2.26. The van der Waals surface area contributed by atoms with Gasteiger partial charge in [-0.15, -0.1) is 11.8 Å². The summed E-state index contributed by atoms with van der Waals surface area (Å²) in [6, 6.07) is 60.7. The van der Waals surface area contributed by atoms with Gasteiger partial charge in [0.1, 0.15) is 28.7 Å². The number of carboxylic acids is 1. The highest BCUT2D eigenvalue weighted by Crippen LogP contribution is 2.32. The van der Waals surface area contributed by atoms with Gasteiger partial charge in [0.25, 0.3) is 0 Å². The molecule has 0 heterocycles. The van der Waals surface area contributed by atoms with E-state index < -0.39 is 5.97 Å². The van der Waals surface area contributed by atoms with E-state index in [1.165, 1.54) is 0 Å². The number of aliphatic carboxylic acids is 1. The van der Waals surface area contributed by atoms with Gasteiger partial charge >= 0.3 is 5.97 Å². The molecule has 7 aromatic rings. The molecule has 0 fully saturated rings. The number of para-hydroxylation sites is 2. The molecule has 0 aliphatic carbocycles. The number of carboxylic acid groups (broad SMARTS) is 1. The molecule has 260 valence electrons. The molecule has 0 amide bonds. The molecule has 1 N–H and O–H groups in total. The Kier molecular flexibility index (Phi) is 11.3. The van der Waals surface area contributed by atoms with E-state index in [4.69, 9.17) is 19.3 Å². The van der Waals surface area contributed by atoms with Crippen LogP contribution in [0, 0.1) is 0 Å². The maximum absolute atomic E-state index is 10.9. The normalized spacial score (nSPS) is 10.6. The molecule has 0 aliphatic heterocycles. The standard InChI is InChI=1S/C47H36O5S/c48-47(49)33-50-40-27-29-45(30-28-40)53-32-31-46(38-15-11-34(12-16-38)36-19-23-43(24-20-36)51-41-7-3-1-4-8-41)39-17-13-35(14-18-39)37-21-25-44(26-22-37)52-42-9-5-2-6-10-42/h1-31H,32-33H2,(H,48,49). The Labute approximate surface area is 313 Å². The Bertz CT molecular complexity index is 2120. The highest BCUT2D eigenvalue weighted by molar-refractivity contribution is 7.99. The van der Waals surface area contributed by atoms with Crippen molar-refractivity contribution in [3.05, 3.63) is 199 Å². The summed E-state index contributed by atoms with van der Waals surface area (Å²) in [4.78, 5) is 11.9. The lowest BCUT2D eigenvalue weighted by molar-refractivity contribution is -0.139. The summed E-state index contributed by atoms with van der Waals surface area (Å²) >= 11 is 1.70. The van der Waals surface area contributed by atoms with E-state index in [2.05, 4.69) is 78.9 Å². The summed E-state index contributed by atoms with van der Waals surface area (Å²) in [5.41, 5.74) is 7.83. The van der Waals surface area contributed by atoms with Gasteiger partial charge in [0.15, 0.2) is 6.61 Å². The number of thioether (sulfide) groups is 1. The van der Waals surface area contributed by atoms with E-state index >= 15 is 0 Å². The fraction of sp³-hybridized carbons (Fsp3) is 0.0426. The number of rotatable bonds is 14. The van der Waals surface area contributed by atoms with Crippen molar-refractivity contribution in [3.63, 3.8) is 0 Å². The van der Waals surface area contributed by atoms with Gasteiger partial charge in [0.05, 0.1) is 0 Å². The molecule has 0 aliphatic rings. The number of ether oxygens (including phenoxy) is 3. The first-order valence-corrected chi connectivity index (χ1v) is 18.2. The first-order valence-electron chi connectivity index (χ1n) is 17.2. The van der Waals surface area contributed by atoms with Crippen LogP contribution in [0.15, 0.2) is 193 Å². The molecular formula is C47H36O5S. The highest BCUT2D eigenvalue weighted by Gasteiger charge is 2.09. The average Bonchev–Trinajstić information content (AvgIpc) is 3.21. The Morgan fingerprint density at radius 3 is 1.26 bits per heavy atom. The van der Waals surface area contributed by atoms with Gasteiger partial charge in [0, 0.05) is 10.6 Å². The van der Waals surface area contributed by atoms with E-state index in [9.17, 15) is 4.79 Å². The Hall–Kier alpha value is -6.50. The van der Waals surface area contributed by atoms with Crippen LogP contribution in [0.5, 0.6) is 28.7 Å². The first kappa shape index (κ1) is 34.9. The molecule has 0 aromatic heterocycles. The van der Waals surface area contributed by atoms with Gasteiger partial charge in [-0.3, -0.25) is 0 Å². The monoisotopic (exact) mass is 712 g/mol. The van der Waals surface area contributed by atoms with E-state index in [0.717, 1.165) is 72.6 Å². The first-order chi connectivity index (χ1) is 26.1. The van der Waals surface area contributed by atoms with Gasteiger partial charge in [-0.1, -0.05) is 115 Å². The number of benzene rings is 7. The molecule has 0 atom stereocenters. The zero-order valence-corrected chi connectivity index (χ0v) is 29.6. The van der Waals surface area contributed by atoms with Crippen molar-refractivity contribution < 1.29 is 24.1 Å². The lowest BCUT2D eigenvalue weighted by Gasteiger charge is -2.12. The minimum Gasteiger partial charge on any atom is -0.482 e. The number of hydrogen-bond donors (Lipinski definition) is 1. The summed E-state index contributed by atoms with van der Waals surface area (Å²) in [5, 5.41) is 8.90. The van der Waals surface area contributed by atoms with Crippen LogP contribution in [-0.2, 0) is 4.79 Å². The second kappa shape index (κ2) is 17.1. The summed E-state index contributed by atoms with van der Waals surface area (Å²) in [7, 11) is 0. The maximum Gasteiger partial charge on any atom is 0.341 e. The minimum absolute atomic E-state index is 0.363. The molecular weight excluding hydrogens is 677 g/mol. The fourth-order valence-electron chi connectivity index (χ4n) is 5.77. The zero-order valence-electron chi connectivity index (χ0n) is 28.8. The van der Waals surface area contributed by atoms with Crippen molar-refractivity contribution in [2.45, 2.75) is 4.90 Å². The molecule has 0 saturated heterocycles. The molecule has 0 bridgehead atoms. The van der Waals surface area contributed by atoms with Crippen molar-refractivity contribution in [2.75, 3.05) is 12.4 Å². The van der Waals surface area contributed by atoms with Gasteiger partial charge < -0.3 is 19.3 Å². The van der Waals surface area contributed by atoms with Gasteiger partial charge in [-0.2, -0.15) is 0 Å². The van der Waals surface area contributed by atoms with E-state index in [-0.39, 0.29) is 6.61 Å². The van der Waals surface area contributed by atoms with Crippen LogP contribution < -0.4 is 14.2 Å². The van der Waals surface area contributed by atoms with Crippen LogP contribution >= 0.6 is 11.8 Å². The van der Waals surface area contributed by atoms with Crippen LogP contribution in [0.1, 0.15) is 11.1 Å². The number of hydrogen-bond acceptors (Lipinski definition) is 5. The molecule has 7 rings (SSSR count). The van der Waals surface area contributed by atoms with Crippen molar-refractivity contribution in [1.29, 1.82) is 0 Å². The Morgan fingerprint density at radius 1 is 0.472 bits per heavy atom. The lowest BCUT2D eigenvalue weighted by atomic mass is 9.94. The molecule has 5 nitrogen and oxygen atoms in total. The molecule has 0 unspecified atom stereocenters. The minimum atomic E-state index is -1.00. The Balaban J connectivity index is 1.09. The predicted molar refractivity (Wildman–Crippen MR) is 214 cm³/mol. The molecule has 0 radical (unpaired) electrons. The van der Waals surface area contributed by atoms with E-state index in [0.29, 0.717) is 5.75 Å². The second-order valence-corrected chi connectivity index (χ2v) is 13.2. The van der Waals surface area contributed by atoms with Crippen LogP contribution in [0.3, 0.4) is 0 Å². The third-order valence-corrected chi connectivity index (χ3v) is 9.39. The van der Waals surface area contributed by atoms with Gasteiger partial charge in [0.2, 0.25) is 0 Å². The zero-order chi connectivity index (χ0) is 36.2. The smallest absolute Gasteiger partial charge is 0.341 e. The van der Waals surface area contributed by atoms with Gasteiger partial charge in [-0.05, 0) is 112 Å². The molecule has 0 saturated carbocycles. The quantitative estimate of drug-likeness (QED) is 0.113. The summed E-state index contributed by atoms with van der Waals surface area (Å²) in [5.74, 6) is 3.47. The SMILES string of the molecule is O=C(O)COc1ccc(SCC=C(c2ccc(-c3ccc(Oc4ccccc4)cc3)cc2)c2ccc(-c3ccc(Oc4ccccc4)cc3)cc2)cc1. The largest absolute Gasteiger partial charge is 0.482 e. The van der Waals surface area contributed by atoms with Crippen molar-refractivity contribution in [2.24, 2.45) is 0 Å². The lowest BCUT2D eigenvalue weighted by Crippen LogP contribution is -2.09. The molecule has 0 spiro atoms. The molecule has 6 heteroatoms. The predicted octanol–water partition coefficient (Wildman–Crippen LogP) is 12.3. The van der Waals surface area contributed by atoms with Crippen LogP contribution in [0.2, 0.25) is 0 Å². The third kappa shape index (κ3) is 9.64. The summed E-state index contributed by atoms with van der Waals surface area (Å²) < 4.78 is 17.3. The number of carbonyl (C=O) groups is 1. The van der Waals surface area contributed by atoms with Crippen molar-refractivity contribution in [3.8, 4) is 51.0 Å². The van der Waals surface area contributed by atoms with Crippen LogP contribution in [-0.4, -0.2) is 23.4 Å². The fourth-order valence-corrected chi connectivity index (χ4v) is 6.54. The highest BCUT2D eigenvalue weighted by atomic mass is 32.2. The topological polar surface area (TPSA) is 65.0 Å². The second-order valence-electron chi connectivity index (χ2n) is 12.1. The van der Waals surface area contributed by atoms with Crippen molar-refractivity contribution in [1.82, 2.24) is 0 Å². The van der Waals surface area contributed by atoms with E-state index in [1.54, 1.807) is 23.9 Å². The average molecular weight is 713 g/mol. The van der Waals surface area contributed by atoms with Crippen LogP contribution in [0.25, 0.3) is 27.8 Å². The Morgan fingerprint density at radius 2 is 0.849 bits per heavy atom. The van der Waals surface area contributed by atoms with Crippen LogP contribution in [0.4, 0.5) is 0 Å². The van der Waals surface area contributed by atoms with Gasteiger partial charge in [-0.25, -0.2) is 4.79 Å². The summed E-state index contributed by atoms with van der Waals surface area (Å²) in [6.45, 7) is -0.363. The molecule has 53 heavy (non-hydrogen) atoms. The van der Waals surface area contributed by atoms with Crippen molar-refractivity contribution >= 4 is 23.3 Å². The molecule has 7 aromatic carbocycles. The third-order valence-electron chi connectivity index (χ3n) is 8.45. The maximum atomic E-state index is 10.9. The van der Waals surface area contributed by atoms with E-state index in [1.807, 2.05) is 97.1 Å².